The molecule has 0 atom stereocenters. The van der Waals surface area contributed by atoms with Crippen molar-refractivity contribution in [2.24, 2.45) is 0 Å². The number of hydrogen-bond acceptors (Lipinski definition) is 5. The zero-order valence-electron chi connectivity index (χ0n) is 17.6. The number of pyridine rings is 1. The smallest absolute Gasteiger partial charge is 0.163 e. The Bertz CT molecular complexity index is 1460. The van der Waals surface area contributed by atoms with Crippen molar-refractivity contribution in [2.45, 2.75) is 0 Å². The van der Waals surface area contributed by atoms with Crippen molar-refractivity contribution >= 4 is 34.0 Å². The molecular formula is C26H18ClFN4O. The van der Waals surface area contributed by atoms with Crippen molar-refractivity contribution in [2.75, 3.05) is 12.4 Å². The molecule has 5 nitrogen and oxygen atoms in total. The van der Waals surface area contributed by atoms with Crippen LogP contribution in [0, 0.1) is 5.82 Å². The molecule has 2 heterocycles. The van der Waals surface area contributed by atoms with Crippen molar-refractivity contribution < 1.29 is 9.13 Å². The molecule has 7 heteroatoms. The Balaban J connectivity index is 1.68. The minimum Gasteiger partial charge on any atom is -0.496 e. The average Bonchev–Trinajstić information content (AvgIpc) is 2.86. The lowest BCUT2D eigenvalue weighted by Gasteiger charge is -2.13. The van der Waals surface area contributed by atoms with Crippen molar-refractivity contribution in [3.05, 3.63) is 96.0 Å². The Morgan fingerprint density at radius 1 is 0.909 bits per heavy atom. The summed E-state index contributed by atoms with van der Waals surface area (Å²) in [6, 6.07) is 22.0. The van der Waals surface area contributed by atoms with Crippen LogP contribution in [0.25, 0.3) is 33.4 Å². The fourth-order valence-corrected chi connectivity index (χ4v) is 3.79. The fourth-order valence-electron chi connectivity index (χ4n) is 3.61. The van der Waals surface area contributed by atoms with Gasteiger partial charge in [0, 0.05) is 34.6 Å². The van der Waals surface area contributed by atoms with Gasteiger partial charge in [-0.05, 0) is 54.1 Å². The number of nitrogens with zero attached hydrogens (tertiary/aromatic N) is 3. The number of para-hydroxylation sites is 1. The first-order chi connectivity index (χ1) is 16.1. The topological polar surface area (TPSA) is 59.9 Å². The van der Waals surface area contributed by atoms with Crippen LogP contribution in [0.4, 0.5) is 15.9 Å². The maximum atomic E-state index is 13.6. The fraction of sp³-hybridized carbons (Fsp3) is 0.0385. The Labute approximate surface area is 194 Å². The summed E-state index contributed by atoms with van der Waals surface area (Å²) in [6.45, 7) is 0. The minimum absolute atomic E-state index is 0.0318. The zero-order valence-corrected chi connectivity index (χ0v) is 18.3. The van der Waals surface area contributed by atoms with Gasteiger partial charge in [-0.1, -0.05) is 35.9 Å². The van der Waals surface area contributed by atoms with Crippen LogP contribution in [0.2, 0.25) is 5.02 Å². The Kier molecular flexibility index (Phi) is 5.59. The molecule has 5 aromatic rings. The summed E-state index contributed by atoms with van der Waals surface area (Å²) in [4.78, 5) is 13.7. The third-order valence-corrected chi connectivity index (χ3v) is 5.51. The van der Waals surface area contributed by atoms with Crippen LogP contribution in [0.15, 0.2) is 85.2 Å². The van der Waals surface area contributed by atoms with Gasteiger partial charge in [-0.15, -0.1) is 0 Å². The Morgan fingerprint density at radius 2 is 1.79 bits per heavy atom. The van der Waals surface area contributed by atoms with Gasteiger partial charge < -0.3 is 10.1 Å². The number of halogens is 2. The molecule has 3 aromatic carbocycles. The molecule has 0 aliphatic carbocycles. The van der Waals surface area contributed by atoms with E-state index < -0.39 is 5.82 Å². The number of aromatic nitrogens is 3. The monoisotopic (exact) mass is 456 g/mol. The largest absolute Gasteiger partial charge is 0.496 e. The van der Waals surface area contributed by atoms with Crippen LogP contribution in [0.1, 0.15) is 0 Å². The summed E-state index contributed by atoms with van der Waals surface area (Å²) in [6.07, 6.45) is 3.41. The lowest BCUT2D eigenvalue weighted by atomic mass is 10.0. The van der Waals surface area contributed by atoms with Crippen LogP contribution in [0.3, 0.4) is 0 Å². The van der Waals surface area contributed by atoms with Crippen molar-refractivity contribution in [3.63, 3.8) is 0 Å². The third kappa shape index (κ3) is 4.21. The lowest BCUT2D eigenvalue weighted by Crippen LogP contribution is -2.00. The van der Waals surface area contributed by atoms with Gasteiger partial charge in [0.15, 0.2) is 5.82 Å². The minimum atomic E-state index is -0.479. The van der Waals surface area contributed by atoms with E-state index in [4.69, 9.17) is 26.3 Å². The summed E-state index contributed by atoms with van der Waals surface area (Å²) < 4.78 is 19.2. The van der Waals surface area contributed by atoms with Crippen LogP contribution in [-0.4, -0.2) is 22.1 Å². The van der Waals surface area contributed by atoms with Gasteiger partial charge in [0.2, 0.25) is 0 Å². The zero-order chi connectivity index (χ0) is 22.8. The number of rotatable bonds is 5. The van der Waals surface area contributed by atoms with E-state index >= 15 is 0 Å². The number of methoxy groups -OCH3 is 1. The predicted octanol–water partition coefficient (Wildman–Crippen LogP) is 6.90. The highest BCUT2D eigenvalue weighted by molar-refractivity contribution is 6.31. The highest BCUT2D eigenvalue weighted by Crippen LogP contribution is 2.34. The van der Waals surface area contributed by atoms with Crippen LogP contribution in [-0.2, 0) is 0 Å². The molecule has 0 radical (unpaired) electrons. The van der Waals surface area contributed by atoms with Crippen molar-refractivity contribution in [1.82, 2.24) is 15.0 Å². The summed E-state index contributed by atoms with van der Waals surface area (Å²) in [5.74, 6) is 1.39. The number of benzene rings is 3. The lowest BCUT2D eigenvalue weighted by molar-refractivity contribution is 0.416. The Morgan fingerprint density at radius 3 is 2.58 bits per heavy atom. The summed E-state index contributed by atoms with van der Waals surface area (Å²) in [7, 11) is 1.65. The van der Waals surface area contributed by atoms with Crippen LogP contribution in [0.5, 0.6) is 5.75 Å². The van der Waals surface area contributed by atoms with E-state index in [-0.39, 0.29) is 5.02 Å². The summed E-state index contributed by atoms with van der Waals surface area (Å²) in [5.41, 5.74) is 4.06. The van der Waals surface area contributed by atoms with Crippen LogP contribution < -0.4 is 10.1 Å². The molecule has 1 N–H and O–H groups in total. The number of anilines is 2. The van der Waals surface area contributed by atoms with Gasteiger partial charge >= 0.3 is 0 Å². The first kappa shape index (κ1) is 20.8. The average molecular weight is 457 g/mol. The van der Waals surface area contributed by atoms with E-state index in [9.17, 15) is 4.39 Å². The first-order valence-electron chi connectivity index (χ1n) is 10.2. The molecule has 0 saturated heterocycles. The molecule has 0 amide bonds. The molecule has 5 rings (SSSR count). The third-order valence-electron chi connectivity index (χ3n) is 5.22. The molecule has 162 valence electrons. The van der Waals surface area contributed by atoms with Gasteiger partial charge in [-0.25, -0.2) is 14.4 Å². The number of fused-ring (bicyclic) bond motifs is 1. The standard InChI is InChI=1S/C26H18ClFN4O/c1-33-24-7-3-2-6-19(24)16-8-10-20-23(13-16)31-25(17-5-4-12-29-15-17)32-26(20)30-18-9-11-22(28)21(27)14-18/h2-15H,1H3,(H,30,31,32). The quantitative estimate of drug-likeness (QED) is 0.311. The van der Waals surface area contributed by atoms with E-state index in [1.54, 1.807) is 25.6 Å². The first-order valence-corrected chi connectivity index (χ1v) is 10.6. The van der Waals surface area contributed by atoms with E-state index in [0.717, 1.165) is 33.3 Å². The van der Waals surface area contributed by atoms with Crippen molar-refractivity contribution in [1.29, 1.82) is 0 Å². The molecule has 2 aromatic heterocycles. The molecule has 0 spiro atoms. The van der Waals surface area contributed by atoms with E-state index in [0.29, 0.717) is 17.3 Å². The summed E-state index contributed by atoms with van der Waals surface area (Å²) >= 11 is 5.97. The van der Waals surface area contributed by atoms with Crippen LogP contribution >= 0.6 is 11.6 Å². The normalized spacial score (nSPS) is 10.9. The highest BCUT2D eigenvalue weighted by atomic mass is 35.5. The molecule has 0 saturated carbocycles. The summed E-state index contributed by atoms with van der Waals surface area (Å²) in [5, 5.41) is 4.10. The molecule has 0 unspecified atom stereocenters. The molecule has 0 bridgehead atoms. The number of hydrogen-bond donors (Lipinski definition) is 1. The molecule has 0 fully saturated rings. The van der Waals surface area contributed by atoms with E-state index in [1.807, 2.05) is 54.6 Å². The Hall–Kier alpha value is -4.03. The highest BCUT2D eigenvalue weighted by Gasteiger charge is 2.13. The van der Waals surface area contributed by atoms with E-state index in [2.05, 4.69) is 10.3 Å². The molecule has 0 aliphatic heterocycles. The second kappa shape index (κ2) is 8.84. The number of ether oxygens (including phenoxy) is 1. The van der Waals surface area contributed by atoms with Gasteiger partial charge in [0.05, 0.1) is 17.6 Å². The number of nitrogens with one attached hydrogen (secondary N) is 1. The second-order valence-electron chi connectivity index (χ2n) is 7.32. The SMILES string of the molecule is COc1ccccc1-c1ccc2c(Nc3ccc(F)c(Cl)c3)nc(-c3cccnc3)nc2c1. The van der Waals surface area contributed by atoms with Gasteiger partial charge in [0.25, 0.3) is 0 Å². The van der Waals surface area contributed by atoms with E-state index in [1.165, 1.54) is 12.1 Å². The maximum absolute atomic E-state index is 13.6. The second-order valence-corrected chi connectivity index (χ2v) is 7.73. The molecular weight excluding hydrogens is 439 g/mol. The molecule has 33 heavy (non-hydrogen) atoms. The van der Waals surface area contributed by atoms with Gasteiger partial charge in [-0.3, -0.25) is 4.98 Å². The van der Waals surface area contributed by atoms with Gasteiger partial charge in [-0.2, -0.15) is 0 Å². The van der Waals surface area contributed by atoms with Gasteiger partial charge in [0.1, 0.15) is 17.4 Å². The van der Waals surface area contributed by atoms with Crippen molar-refractivity contribution in [3.8, 4) is 28.3 Å². The maximum Gasteiger partial charge on any atom is 0.163 e. The molecule has 0 aliphatic rings. The predicted molar refractivity (Wildman–Crippen MR) is 129 cm³/mol.